The molecule has 5 nitrogen and oxygen atoms in total. The minimum Gasteiger partial charge on any atom is -0.378 e. The molecule has 3 aromatic rings. The standard InChI is InChI=1S/C26H24FN3O2/c1-16-5-14-22(17(2)15-16)30-25(31)23(18-6-8-19(27)9-7-18)24(26(30)32)28-20-10-12-21(13-11-20)29(3)4/h5-15,28H,1-4H3. The van der Waals surface area contributed by atoms with Crippen molar-refractivity contribution in [3.05, 3.63) is 94.9 Å². The number of nitrogens with one attached hydrogen (secondary N) is 1. The maximum atomic E-state index is 13.5. The molecule has 6 heteroatoms. The van der Waals surface area contributed by atoms with Crippen LogP contribution in [0.15, 0.2) is 72.4 Å². The number of carbonyl (C=O) groups is 2. The quantitative estimate of drug-likeness (QED) is 0.586. The van der Waals surface area contributed by atoms with Gasteiger partial charge in [0.25, 0.3) is 11.8 Å². The number of imide groups is 1. The fourth-order valence-corrected chi connectivity index (χ4v) is 3.79. The molecule has 1 heterocycles. The van der Waals surface area contributed by atoms with Crippen molar-refractivity contribution in [3.63, 3.8) is 0 Å². The van der Waals surface area contributed by atoms with Gasteiger partial charge in [0.1, 0.15) is 11.5 Å². The molecule has 0 fully saturated rings. The summed E-state index contributed by atoms with van der Waals surface area (Å²) >= 11 is 0. The predicted octanol–water partition coefficient (Wildman–Crippen LogP) is 4.91. The van der Waals surface area contributed by atoms with E-state index in [0.717, 1.165) is 16.8 Å². The van der Waals surface area contributed by atoms with Crippen LogP contribution in [0.25, 0.3) is 5.57 Å². The molecule has 1 N–H and O–H groups in total. The molecular formula is C26H24FN3O2. The second-order valence-electron chi connectivity index (χ2n) is 8.06. The molecule has 2 amide bonds. The Morgan fingerprint density at radius 2 is 1.50 bits per heavy atom. The van der Waals surface area contributed by atoms with Crippen LogP contribution in [0.4, 0.5) is 21.5 Å². The van der Waals surface area contributed by atoms with Gasteiger partial charge in [-0.25, -0.2) is 9.29 Å². The second-order valence-corrected chi connectivity index (χ2v) is 8.06. The van der Waals surface area contributed by atoms with E-state index < -0.39 is 17.6 Å². The Morgan fingerprint density at radius 1 is 0.844 bits per heavy atom. The van der Waals surface area contributed by atoms with Crippen molar-refractivity contribution in [1.29, 1.82) is 0 Å². The Bertz CT molecular complexity index is 1230. The van der Waals surface area contributed by atoms with E-state index in [9.17, 15) is 14.0 Å². The first kappa shape index (κ1) is 21.3. The summed E-state index contributed by atoms with van der Waals surface area (Å²) < 4.78 is 13.5. The molecule has 0 aliphatic carbocycles. The number of hydrogen-bond acceptors (Lipinski definition) is 4. The molecule has 0 radical (unpaired) electrons. The van der Waals surface area contributed by atoms with E-state index in [1.165, 1.54) is 29.2 Å². The van der Waals surface area contributed by atoms with Crippen LogP contribution >= 0.6 is 0 Å². The lowest BCUT2D eigenvalue weighted by Gasteiger charge is -2.18. The number of amides is 2. The lowest BCUT2D eigenvalue weighted by molar-refractivity contribution is -0.120. The van der Waals surface area contributed by atoms with Crippen molar-refractivity contribution in [3.8, 4) is 0 Å². The molecule has 0 bridgehead atoms. The van der Waals surface area contributed by atoms with Gasteiger partial charge in [-0.05, 0) is 67.4 Å². The first-order valence-electron chi connectivity index (χ1n) is 10.3. The lowest BCUT2D eigenvalue weighted by Crippen LogP contribution is -2.33. The molecule has 3 aromatic carbocycles. The van der Waals surface area contributed by atoms with E-state index >= 15 is 0 Å². The smallest absolute Gasteiger partial charge is 0.282 e. The zero-order valence-corrected chi connectivity index (χ0v) is 18.4. The van der Waals surface area contributed by atoms with Gasteiger partial charge in [0, 0.05) is 25.5 Å². The van der Waals surface area contributed by atoms with Gasteiger partial charge in [0.2, 0.25) is 0 Å². The fraction of sp³-hybridized carbons (Fsp3) is 0.154. The molecule has 0 aromatic heterocycles. The third-order valence-electron chi connectivity index (χ3n) is 5.46. The molecule has 1 aliphatic heterocycles. The predicted molar refractivity (Wildman–Crippen MR) is 126 cm³/mol. The maximum Gasteiger partial charge on any atom is 0.282 e. The highest BCUT2D eigenvalue weighted by Gasteiger charge is 2.40. The van der Waals surface area contributed by atoms with Crippen LogP contribution in [0.3, 0.4) is 0 Å². The number of anilines is 3. The van der Waals surface area contributed by atoms with Crippen LogP contribution in [-0.2, 0) is 9.59 Å². The molecule has 0 saturated heterocycles. The summed E-state index contributed by atoms with van der Waals surface area (Å²) in [5, 5.41) is 3.14. The maximum absolute atomic E-state index is 13.5. The van der Waals surface area contributed by atoms with Gasteiger partial charge < -0.3 is 10.2 Å². The van der Waals surface area contributed by atoms with Crippen LogP contribution in [0, 0.1) is 19.7 Å². The molecule has 162 valence electrons. The minimum absolute atomic E-state index is 0.166. The molecule has 0 spiro atoms. The second kappa shape index (κ2) is 8.30. The number of rotatable bonds is 5. The minimum atomic E-state index is -0.446. The third kappa shape index (κ3) is 3.87. The topological polar surface area (TPSA) is 52.7 Å². The highest BCUT2D eigenvalue weighted by molar-refractivity contribution is 6.46. The van der Waals surface area contributed by atoms with E-state index in [2.05, 4.69) is 5.32 Å². The summed E-state index contributed by atoms with van der Waals surface area (Å²) in [6.45, 7) is 3.82. The lowest BCUT2D eigenvalue weighted by atomic mass is 10.0. The molecule has 0 atom stereocenters. The van der Waals surface area contributed by atoms with E-state index in [4.69, 9.17) is 0 Å². The van der Waals surface area contributed by atoms with Gasteiger partial charge >= 0.3 is 0 Å². The number of carbonyl (C=O) groups excluding carboxylic acids is 2. The average molecular weight is 429 g/mol. The number of benzene rings is 3. The van der Waals surface area contributed by atoms with Crippen LogP contribution in [0.2, 0.25) is 0 Å². The van der Waals surface area contributed by atoms with E-state index in [1.807, 2.05) is 69.2 Å². The summed E-state index contributed by atoms with van der Waals surface area (Å²) in [7, 11) is 3.89. The van der Waals surface area contributed by atoms with Crippen LogP contribution < -0.4 is 15.1 Å². The third-order valence-corrected chi connectivity index (χ3v) is 5.46. The van der Waals surface area contributed by atoms with Crippen molar-refractivity contribution in [2.24, 2.45) is 0 Å². The van der Waals surface area contributed by atoms with Crippen LogP contribution in [0.5, 0.6) is 0 Å². The van der Waals surface area contributed by atoms with Crippen molar-refractivity contribution in [2.45, 2.75) is 13.8 Å². The molecule has 4 rings (SSSR count). The summed E-state index contributed by atoms with van der Waals surface area (Å²) in [6, 6.07) is 18.7. The highest BCUT2D eigenvalue weighted by atomic mass is 19.1. The summed E-state index contributed by atoms with van der Waals surface area (Å²) in [4.78, 5) is 30.1. The van der Waals surface area contributed by atoms with Gasteiger partial charge in [-0.15, -0.1) is 0 Å². The van der Waals surface area contributed by atoms with Gasteiger partial charge in [-0.1, -0.05) is 29.8 Å². The van der Waals surface area contributed by atoms with Crippen LogP contribution in [0.1, 0.15) is 16.7 Å². The largest absolute Gasteiger partial charge is 0.378 e. The monoisotopic (exact) mass is 429 g/mol. The average Bonchev–Trinajstić information content (AvgIpc) is 2.99. The van der Waals surface area contributed by atoms with Crippen molar-refractivity contribution in [2.75, 3.05) is 29.2 Å². The zero-order valence-electron chi connectivity index (χ0n) is 18.4. The fourth-order valence-electron chi connectivity index (χ4n) is 3.79. The van der Waals surface area contributed by atoms with Crippen molar-refractivity contribution in [1.82, 2.24) is 0 Å². The molecule has 0 saturated carbocycles. The van der Waals surface area contributed by atoms with Crippen LogP contribution in [-0.4, -0.2) is 25.9 Å². The molecule has 0 unspecified atom stereocenters. The van der Waals surface area contributed by atoms with Gasteiger partial charge in [0.15, 0.2) is 0 Å². The SMILES string of the molecule is Cc1ccc(N2C(=O)C(Nc3ccc(N(C)C)cc3)=C(c3ccc(F)cc3)C2=O)c(C)c1. The van der Waals surface area contributed by atoms with Gasteiger partial charge in [-0.2, -0.15) is 0 Å². The van der Waals surface area contributed by atoms with Gasteiger partial charge in [0.05, 0.1) is 11.3 Å². The summed E-state index contributed by atoms with van der Waals surface area (Å²) in [5.41, 5.74) is 4.93. The summed E-state index contributed by atoms with van der Waals surface area (Å²) in [6.07, 6.45) is 0. The van der Waals surface area contributed by atoms with Crippen molar-refractivity contribution < 1.29 is 14.0 Å². The molecular weight excluding hydrogens is 405 g/mol. The van der Waals surface area contributed by atoms with Crippen molar-refractivity contribution >= 4 is 34.4 Å². The van der Waals surface area contributed by atoms with E-state index in [0.29, 0.717) is 16.9 Å². The Labute approximate surface area is 186 Å². The number of halogens is 1. The first-order chi connectivity index (χ1) is 15.3. The Balaban J connectivity index is 1.80. The molecule has 32 heavy (non-hydrogen) atoms. The Hall–Kier alpha value is -3.93. The Morgan fingerprint density at radius 3 is 2.09 bits per heavy atom. The highest BCUT2D eigenvalue weighted by Crippen LogP contribution is 2.35. The Kier molecular flexibility index (Phi) is 5.53. The first-order valence-corrected chi connectivity index (χ1v) is 10.3. The normalized spacial score (nSPS) is 13.7. The van der Waals surface area contributed by atoms with E-state index in [-0.39, 0.29) is 11.3 Å². The molecule has 1 aliphatic rings. The number of nitrogens with zero attached hydrogens (tertiary/aromatic N) is 2. The number of hydrogen-bond donors (Lipinski definition) is 1. The summed E-state index contributed by atoms with van der Waals surface area (Å²) in [5.74, 6) is -1.30. The van der Waals surface area contributed by atoms with E-state index in [1.54, 1.807) is 6.07 Å². The zero-order chi connectivity index (χ0) is 23.0. The number of aryl methyl sites for hydroxylation is 2. The van der Waals surface area contributed by atoms with Gasteiger partial charge in [-0.3, -0.25) is 9.59 Å².